The fourth-order valence-electron chi connectivity index (χ4n) is 1.41. The summed E-state index contributed by atoms with van der Waals surface area (Å²) in [5.74, 6) is -32.7. The van der Waals surface area contributed by atoms with Gasteiger partial charge in [-0.3, -0.25) is 0 Å². The van der Waals surface area contributed by atoms with Crippen LogP contribution in [0.3, 0.4) is 0 Å². The zero-order valence-electron chi connectivity index (χ0n) is 18.1. The standard InChI is InChI=1S/C8H8Cl2N4.2C4HF7O2/c9-6-2-1-3-7(10)5(6)4-13-14-8(11)12;2*5-2(6,1(12)13)3(7,8)4(9,10)11/h1-4H,(H4,11,12,14);2*(H,12,13)/b13-4+;;. The van der Waals surface area contributed by atoms with E-state index in [4.69, 9.17) is 44.9 Å². The number of alkyl halides is 14. The van der Waals surface area contributed by atoms with Crippen LogP contribution in [0.1, 0.15) is 5.56 Å². The number of nitrogens with zero attached hydrogens (tertiary/aromatic N) is 2. The van der Waals surface area contributed by atoms with Crippen molar-refractivity contribution in [2.24, 2.45) is 21.7 Å². The lowest BCUT2D eigenvalue weighted by Gasteiger charge is -2.24. The third-order valence-corrected chi connectivity index (χ3v) is 4.06. The molecule has 0 bridgehead atoms. The molecule has 0 aliphatic carbocycles. The Morgan fingerprint density at radius 1 is 0.700 bits per heavy atom. The summed E-state index contributed by atoms with van der Waals surface area (Å²) < 4.78 is 161. The molecular weight excluding hydrogens is 649 g/mol. The third kappa shape index (κ3) is 9.41. The van der Waals surface area contributed by atoms with Crippen molar-refractivity contribution < 1.29 is 81.3 Å². The van der Waals surface area contributed by atoms with Crippen molar-refractivity contribution in [2.75, 3.05) is 0 Å². The number of carbonyl (C=O) groups is 2. The van der Waals surface area contributed by atoms with Crippen molar-refractivity contribution in [3.05, 3.63) is 33.8 Å². The molecule has 0 saturated carbocycles. The Hall–Kier alpha value is -3.30. The van der Waals surface area contributed by atoms with Gasteiger partial charge in [-0.25, -0.2) is 9.59 Å². The summed E-state index contributed by atoms with van der Waals surface area (Å²) in [5.41, 5.74) is 10.7. The summed E-state index contributed by atoms with van der Waals surface area (Å²) in [7, 11) is 0. The minimum atomic E-state index is -6.60. The van der Waals surface area contributed by atoms with Crippen LogP contribution in [0.2, 0.25) is 10.0 Å². The fourth-order valence-corrected chi connectivity index (χ4v) is 1.91. The average molecular weight is 659 g/mol. The van der Waals surface area contributed by atoms with Crippen LogP contribution in [0.5, 0.6) is 0 Å². The van der Waals surface area contributed by atoms with Gasteiger partial charge in [0.05, 0.1) is 16.3 Å². The maximum absolute atomic E-state index is 11.8. The van der Waals surface area contributed by atoms with Crippen molar-refractivity contribution in [2.45, 2.75) is 36.0 Å². The molecule has 1 rings (SSSR count). The van der Waals surface area contributed by atoms with Gasteiger partial charge in [0.15, 0.2) is 0 Å². The Kier molecular flexibility index (Phi) is 13.0. The Morgan fingerprint density at radius 2 is 1.00 bits per heavy atom. The van der Waals surface area contributed by atoms with Gasteiger partial charge in [0.25, 0.3) is 0 Å². The first kappa shape index (κ1) is 38.8. The van der Waals surface area contributed by atoms with Gasteiger partial charge in [-0.15, -0.1) is 5.10 Å². The van der Waals surface area contributed by atoms with Crippen LogP contribution in [0.4, 0.5) is 61.5 Å². The summed E-state index contributed by atoms with van der Waals surface area (Å²) in [6.45, 7) is 0. The van der Waals surface area contributed by atoms with Crippen LogP contribution in [0, 0.1) is 0 Å². The van der Waals surface area contributed by atoms with E-state index in [1.165, 1.54) is 6.21 Å². The van der Waals surface area contributed by atoms with E-state index in [1.54, 1.807) is 18.2 Å². The molecule has 0 radical (unpaired) electrons. The molecule has 0 fully saturated rings. The highest BCUT2D eigenvalue weighted by molar-refractivity contribution is 6.38. The summed E-state index contributed by atoms with van der Waals surface area (Å²) in [6.07, 6.45) is -11.8. The maximum Gasteiger partial charge on any atom is 0.460 e. The molecule has 40 heavy (non-hydrogen) atoms. The van der Waals surface area contributed by atoms with Crippen LogP contribution >= 0.6 is 23.2 Å². The SMILES string of the molecule is NC(N)=N/N=C/c1c(Cl)cccc1Cl.O=C(O)C(F)(F)C(F)(F)C(F)(F)F.O=C(O)C(F)(F)C(F)(F)C(F)(F)F. The first-order chi connectivity index (χ1) is 17.5. The van der Waals surface area contributed by atoms with E-state index >= 15 is 0 Å². The van der Waals surface area contributed by atoms with Crippen molar-refractivity contribution >= 4 is 47.3 Å². The lowest BCUT2D eigenvalue weighted by atomic mass is 10.1. The molecule has 0 saturated heterocycles. The summed E-state index contributed by atoms with van der Waals surface area (Å²) in [6, 6.07) is 5.14. The second-order valence-corrected chi connectivity index (χ2v) is 7.12. The summed E-state index contributed by atoms with van der Waals surface area (Å²) in [4.78, 5) is 18.8. The van der Waals surface area contributed by atoms with Gasteiger partial charge in [-0.05, 0) is 12.1 Å². The molecule has 6 N–H and O–H groups in total. The molecule has 0 spiro atoms. The van der Waals surface area contributed by atoms with Gasteiger partial charge >= 0.3 is 48.0 Å². The quantitative estimate of drug-likeness (QED) is 0.139. The molecule has 0 aliphatic rings. The number of aliphatic carboxylic acids is 2. The highest BCUT2D eigenvalue weighted by Gasteiger charge is 2.77. The predicted molar refractivity (Wildman–Crippen MR) is 107 cm³/mol. The van der Waals surface area contributed by atoms with E-state index in [2.05, 4.69) is 10.2 Å². The number of hydrogen-bond donors (Lipinski definition) is 4. The zero-order chi connectivity index (χ0) is 32.7. The van der Waals surface area contributed by atoms with Crippen molar-refractivity contribution in [1.29, 1.82) is 0 Å². The van der Waals surface area contributed by atoms with Crippen LogP contribution in [-0.2, 0) is 9.59 Å². The van der Waals surface area contributed by atoms with Gasteiger partial charge in [0.2, 0.25) is 5.96 Å². The molecule has 0 aliphatic heterocycles. The molecule has 24 heteroatoms. The Bertz CT molecular complexity index is 1040. The smallest absolute Gasteiger partial charge is 0.460 e. The number of hydrogen-bond acceptors (Lipinski definition) is 4. The second-order valence-electron chi connectivity index (χ2n) is 6.31. The topological polar surface area (TPSA) is 151 Å². The number of benzene rings is 1. The van der Waals surface area contributed by atoms with Crippen LogP contribution < -0.4 is 11.5 Å². The molecule has 0 unspecified atom stereocenters. The maximum atomic E-state index is 11.8. The highest BCUT2D eigenvalue weighted by atomic mass is 35.5. The minimum absolute atomic E-state index is 0.121. The summed E-state index contributed by atoms with van der Waals surface area (Å²) >= 11 is 11.7. The van der Waals surface area contributed by atoms with Crippen molar-refractivity contribution in [3.8, 4) is 0 Å². The number of carboxylic acids is 2. The van der Waals surface area contributed by atoms with Gasteiger partial charge in [-0.1, -0.05) is 29.3 Å². The number of nitrogens with two attached hydrogens (primary N) is 2. The predicted octanol–water partition coefficient (Wildman–Crippen LogP) is 5.41. The summed E-state index contributed by atoms with van der Waals surface area (Å²) in [5, 5.41) is 22.8. The van der Waals surface area contributed by atoms with Gasteiger partial charge in [0.1, 0.15) is 0 Å². The number of rotatable bonds is 6. The lowest BCUT2D eigenvalue weighted by Crippen LogP contribution is -2.56. The number of halogens is 16. The average Bonchev–Trinajstić information content (AvgIpc) is 2.74. The van der Waals surface area contributed by atoms with Gasteiger partial charge < -0.3 is 21.7 Å². The van der Waals surface area contributed by atoms with Crippen molar-refractivity contribution in [1.82, 2.24) is 0 Å². The van der Waals surface area contributed by atoms with Crippen LogP contribution in [0.15, 0.2) is 28.4 Å². The largest absolute Gasteiger partial charge is 0.477 e. The molecule has 0 aromatic heterocycles. The monoisotopic (exact) mass is 658 g/mol. The molecule has 0 amide bonds. The van der Waals surface area contributed by atoms with Crippen molar-refractivity contribution in [3.63, 3.8) is 0 Å². The molecule has 0 atom stereocenters. The first-order valence-corrected chi connectivity index (χ1v) is 9.43. The molecular formula is C16H10Cl2F14N4O4. The number of carboxylic acid groups (broad SMARTS) is 2. The molecule has 1 aromatic rings. The van der Waals surface area contributed by atoms with E-state index in [0.717, 1.165) is 0 Å². The molecule has 230 valence electrons. The van der Waals surface area contributed by atoms with Crippen LogP contribution in [-0.4, -0.2) is 70.4 Å². The highest BCUT2D eigenvalue weighted by Crippen LogP contribution is 2.47. The first-order valence-electron chi connectivity index (χ1n) is 8.67. The van der Waals surface area contributed by atoms with E-state index < -0.39 is 48.0 Å². The van der Waals surface area contributed by atoms with E-state index in [0.29, 0.717) is 15.6 Å². The Balaban J connectivity index is 0. The third-order valence-electron chi connectivity index (χ3n) is 3.40. The molecule has 1 aromatic carbocycles. The fraction of sp³-hybridized carbons (Fsp3) is 0.375. The molecule has 8 nitrogen and oxygen atoms in total. The van der Waals surface area contributed by atoms with E-state index in [9.17, 15) is 71.1 Å². The number of guanidine groups is 1. The molecule has 0 heterocycles. The Labute approximate surface area is 220 Å². The van der Waals surface area contributed by atoms with E-state index in [-0.39, 0.29) is 5.96 Å². The zero-order valence-corrected chi connectivity index (χ0v) is 19.6. The van der Waals surface area contributed by atoms with E-state index in [1.807, 2.05) is 0 Å². The van der Waals surface area contributed by atoms with Gasteiger partial charge in [-0.2, -0.15) is 66.6 Å². The minimum Gasteiger partial charge on any atom is -0.477 e. The Morgan fingerprint density at radius 3 is 1.20 bits per heavy atom. The van der Waals surface area contributed by atoms with Gasteiger partial charge in [0, 0.05) is 5.56 Å². The normalized spacial score (nSPS) is 13.0. The van der Waals surface area contributed by atoms with Crippen LogP contribution in [0.25, 0.3) is 0 Å². The second kappa shape index (κ2) is 13.4. The lowest BCUT2D eigenvalue weighted by molar-refractivity contribution is -0.347.